The van der Waals surface area contributed by atoms with Gasteiger partial charge in [-0.1, -0.05) is 17.7 Å². The molecule has 2 aromatic carbocycles. The van der Waals surface area contributed by atoms with E-state index in [4.69, 9.17) is 22.1 Å². The second kappa shape index (κ2) is 8.42. The van der Waals surface area contributed by atoms with Crippen LogP contribution < -0.4 is 21.3 Å². The van der Waals surface area contributed by atoms with Crippen molar-refractivity contribution in [1.82, 2.24) is 5.32 Å². The summed E-state index contributed by atoms with van der Waals surface area (Å²) < 4.78 is 4.98. The smallest absolute Gasteiger partial charge is 0.338 e. The molecule has 11 heteroatoms. The van der Waals surface area contributed by atoms with Crippen molar-refractivity contribution in [3.63, 3.8) is 0 Å². The SMILES string of the molecule is CCOC(=O)c1ccc(N2C(=O)[C@@H]3[C@@H](C2=O)[C@@]2(N[C@@H]3CC(N)=O)C(=O)Nc3c(Cl)cc(C)cc32)cc1. The van der Waals surface area contributed by atoms with E-state index >= 15 is 0 Å². The molecule has 1 spiro atoms. The number of imide groups is 1. The van der Waals surface area contributed by atoms with Crippen LogP contribution in [0.1, 0.15) is 34.8 Å². The maximum absolute atomic E-state index is 13.9. The standard InChI is InChI=1S/C25H23ClN4O6/c1-3-36-23(34)12-4-6-13(7-5-12)30-21(32)18-16(10-17(27)31)29-25(19(18)22(30)33)14-8-11(2)9-15(26)20(14)28-24(25)35/h4-9,16,18-19,29H,3,10H2,1-2H3,(H2,27,31)(H,28,35)/t16-,18+,19+,25-/m1/s1. The number of nitrogens with two attached hydrogens (primary N) is 1. The van der Waals surface area contributed by atoms with Gasteiger partial charge in [-0.15, -0.1) is 0 Å². The monoisotopic (exact) mass is 510 g/mol. The van der Waals surface area contributed by atoms with E-state index in [2.05, 4.69) is 10.6 Å². The summed E-state index contributed by atoms with van der Waals surface area (Å²) in [5.41, 5.74) is 5.91. The molecule has 0 aliphatic carbocycles. The summed E-state index contributed by atoms with van der Waals surface area (Å²) in [6.07, 6.45) is -0.250. The number of amides is 4. The van der Waals surface area contributed by atoms with Crippen molar-refractivity contribution in [2.24, 2.45) is 17.6 Å². The molecule has 186 valence electrons. The van der Waals surface area contributed by atoms with Gasteiger partial charge in [-0.2, -0.15) is 0 Å². The lowest BCUT2D eigenvalue weighted by Gasteiger charge is -2.29. The summed E-state index contributed by atoms with van der Waals surface area (Å²) in [6.45, 7) is 3.69. The number of nitrogens with one attached hydrogen (secondary N) is 2. The van der Waals surface area contributed by atoms with Crippen molar-refractivity contribution in [3.05, 3.63) is 58.1 Å². The molecule has 36 heavy (non-hydrogen) atoms. The number of carbonyl (C=O) groups excluding carboxylic acids is 5. The molecule has 3 heterocycles. The second-order valence-corrected chi connectivity index (χ2v) is 9.54. The highest BCUT2D eigenvalue weighted by Crippen LogP contribution is 2.55. The number of ether oxygens (including phenoxy) is 1. The van der Waals surface area contributed by atoms with Gasteiger partial charge in [0.15, 0.2) is 0 Å². The number of hydrogen-bond donors (Lipinski definition) is 3. The van der Waals surface area contributed by atoms with E-state index in [1.54, 1.807) is 26.0 Å². The highest BCUT2D eigenvalue weighted by Gasteiger charge is 2.71. The molecule has 0 unspecified atom stereocenters. The quantitative estimate of drug-likeness (QED) is 0.409. The Bertz CT molecular complexity index is 1340. The Morgan fingerprint density at radius 1 is 1.14 bits per heavy atom. The maximum Gasteiger partial charge on any atom is 0.338 e. The first-order valence-corrected chi connectivity index (χ1v) is 11.8. The average molecular weight is 511 g/mol. The van der Waals surface area contributed by atoms with Crippen LogP contribution in [0.15, 0.2) is 36.4 Å². The number of nitrogens with zero attached hydrogens (tertiary/aromatic N) is 1. The fourth-order valence-corrected chi connectivity index (χ4v) is 5.92. The average Bonchev–Trinajstić information content (AvgIpc) is 3.39. The molecule has 10 nitrogen and oxygen atoms in total. The van der Waals surface area contributed by atoms with E-state index in [9.17, 15) is 24.0 Å². The molecule has 3 aliphatic rings. The van der Waals surface area contributed by atoms with Crippen LogP contribution in [0.25, 0.3) is 0 Å². The number of halogens is 1. The normalized spacial score (nSPS) is 26.2. The number of hydrogen-bond acceptors (Lipinski definition) is 7. The third-order valence-electron chi connectivity index (χ3n) is 6.98. The van der Waals surface area contributed by atoms with Gasteiger partial charge in [-0.25, -0.2) is 9.69 Å². The Balaban J connectivity index is 1.61. The number of benzene rings is 2. The number of primary amides is 1. The number of rotatable bonds is 5. The van der Waals surface area contributed by atoms with Gasteiger partial charge in [0.25, 0.3) is 0 Å². The zero-order valence-electron chi connectivity index (χ0n) is 19.5. The zero-order chi connectivity index (χ0) is 25.9. The lowest BCUT2D eigenvalue weighted by molar-refractivity contribution is -0.130. The first kappa shape index (κ1) is 24.0. The van der Waals surface area contributed by atoms with Gasteiger partial charge in [-0.3, -0.25) is 24.5 Å². The number of esters is 1. The molecule has 0 bridgehead atoms. The molecule has 0 radical (unpaired) electrons. The third kappa shape index (κ3) is 3.32. The van der Waals surface area contributed by atoms with Gasteiger partial charge in [-0.05, 0) is 49.7 Å². The van der Waals surface area contributed by atoms with Crippen molar-refractivity contribution < 1.29 is 28.7 Å². The van der Waals surface area contributed by atoms with E-state index < -0.39 is 53.0 Å². The number of aryl methyl sites for hydroxylation is 1. The summed E-state index contributed by atoms with van der Waals surface area (Å²) in [7, 11) is 0. The van der Waals surface area contributed by atoms with Crippen LogP contribution in [0, 0.1) is 18.8 Å². The molecule has 0 aromatic heterocycles. The summed E-state index contributed by atoms with van der Waals surface area (Å²) in [5.74, 6) is -5.08. The van der Waals surface area contributed by atoms with E-state index in [0.717, 1.165) is 10.5 Å². The van der Waals surface area contributed by atoms with Crippen molar-refractivity contribution in [2.75, 3.05) is 16.8 Å². The fourth-order valence-electron chi connectivity index (χ4n) is 5.60. The molecule has 2 saturated heterocycles. The van der Waals surface area contributed by atoms with Crippen molar-refractivity contribution in [3.8, 4) is 0 Å². The summed E-state index contributed by atoms with van der Waals surface area (Å²) >= 11 is 6.40. The van der Waals surface area contributed by atoms with E-state index in [1.165, 1.54) is 24.3 Å². The Hall–Kier alpha value is -3.76. The van der Waals surface area contributed by atoms with Crippen molar-refractivity contribution in [1.29, 1.82) is 0 Å². The van der Waals surface area contributed by atoms with Crippen LogP contribution in [0.5, 0.6) is 0 Å². The van der Waals surface area contributed by atoms with Crippen molar-refractivity contribution >= 4 is 52.6 Å². The van der Waals surface area contributed by atoms with E-state index in [0.29, 0.717) is 16.3 Å². The molecule has 2 fully saturated rings. The molecule has 0 saturated carbocycles. The Labute approximate surface area is 211 Å². The van der Waals surface area contributed by atoms with Crippen LogP contribution >= 0.6 is 11.6 Å². The van der Waals surface area contributed by atoms with Crippen LogP contribution in [0.4, 0.5) is 11.4 Å². The molecular weight excluding hydrogens is 488 g/mol. The molecule has 2 aromatic rings. The zero-order valence-corrected chi connectivity index (χ0v) is 20.2. The number of anilines is 2. The minimum absolute atomic E-state index is 0.205. The lowest BCUT2D eigenvalue weighted by atomic mass is 9.76. The first-order chi connectivity index (χ1) is 17.1. The molecule has 4 N–H and O–H groups in total. The topological polar surface area (TPSA) is 148 Å². The predicted molar refractivity (Wildman–Crippen MR) is 129 cm³/mol. The minimum Gasteiger partial charge on any atom is -0.462 e. The molecule has 4 amide bonds. The fraction of sp³-hybridized carbons (Fsp3) is 0.320. The third-order valence-corrected chi connectivity index (χ3v) is 7.28. The predicted octanol–water partition coefficient (Wildman–Crippen LogP) is 1.63. The van der Waals surface area contributed by atoms with Crippen LogP contribution in [-0.4, -0.2) is 42.2 Å². The summed E-state index contributed by atoms with van der Waals surface area (Å²) in [6, 6.07) is 8.42. The number of fused-ring (bicyclic) bond motifs is 4. The van der Waals surface area contributed by atoms with Gasteiger partial charge >= 0.3 is 5.97 Å². The van der Waals surface area contributed by atoms with Gasteiger partial charge in [0.05, 0.1) is 40.4 Å². The highest BCUT2D eigenvalue weighted by molar-refractivity contribution is 6.35. The van der Waals surface area contributed by atoms with E-state index in [1.807, 2.05) is 0 Å². The second-order valence-electron chi connectivity index (χ2n) is 9.14. The summed E-state index contributed by atoms with van der Waals surface area (Å²) in [5, 5.41) is 6.18. The molecular formula is C25H23ClN4O6. The molecule has 3 aliphatic heterocycles. The Kier molecular flexibility index (Phi) is 5.60. The first-order valence-electron chi connectivity index (χ1n) is 11.4. The number of carbonyl (C=O) groups is 5. The lowest BCUT2D eigenvalue weighted by Crippen LogP contribution is -2.53. The van der Waals surface area contributed by atoms with Gasteiger partial charge in [0.2, 0.25) is 23.6 Å². The van der Waals surface area contributed by atoms with Gasteiger partial charge in [0.1, 0.15) is 5.54 Å². The van der Waals surface area contributed by atoms with Crippen LogP contribution in [-0.2, 0) is 29.5 Å². The van der Waals surface area contributed by atoms with Crippen LogP contribution in [0.3, 0.4) is 0 Å². The highest BCUT2D eigenvalue weighted by atomic mass is 35.5. The Morgan fingerprint density at radius 3 is 2.47 bits per heavy atom. The largest absolute Gasteiger partial charge is 0.462 e. The molecule has 4 atom stereocenters. The molecule has 5 rings (SSSR count). The maximum atomic E-state index is 13.9. The van der Waals surface area contributed by atoms with Gasteiger partial charge < -0.3 is 15.8 Å². The van der Waals surface area contributed by atoms with E-state index in [-0.39, 0.29) is 24.3 Å². The van der Waals surface area contributed by atoms with Crippen molar-refractivity contribution in [2.45, 2.75) is 31.8 Å². The minimum atomic E-state index is -1.61. The Morgan fingerprint density at radius 2 is 1.83 bits per heavy atom. The summed E-state index contributed by atoms with van der Waals surface area (Å²) in [4.78, 5) is 65.9. The van der Waals surface area contributed by atoms with Crippen LogP contribution in [0.2, 0.25) is 5.02 Å². The van der Waals surface area contributed by atoms with Gasteiger partial charge in [0, 0.05) is 18.0 Å².